The van der Waals surface area contributed by atoms with Crippen LogP contribution in [0.3, 0.4) is 0 Å². The molecular weight excluding hydrogens is 542 g/mol. The Morgan fingerprint density at radius 2 is 1.64 bits per heavy atom. The molecule has 7 aliphatic rings. The summed E-state index contributed by atoms with van der Waals surface area (Å²) in [5.41, 5.74) is -8.96. The minimum absolute atomic E-state index is 0.0606. The summed E-state index contributed by atoms with van der Waals surface area (Å²) in [6.45, 7) is 10.1. The maximum atomic E-state index is 12.9. The third kappa shape index (κ3) is 3.07. The monoisotopic (exact) mass is 591 g/mol. The van der Waals surface area contributed by atoms with Crippen LogP contribution in [0.4, 0.5) is 0 Å². The smallest absolute Gasteiger partial charge is 0.333 e. The van der Waals surface area contributed by atoms with E-state index >= 15 is 0 Å². The van der Waals surface area contributed by atoms with E-state index in [1.165, 1.54) is 0 Å². The first-order valence-corrected chi connectivity index (χ1v) is 16.0. The number of rotatable bonds is 2. The van der Waals surface area contributed by atoms with Gasteiger partial charge in [-0.15, -0.1) is 0 Å². The average molecular weight is 592 g/mol. The van der Waals surface area contributed by atoms with Gasteiger partial charge >= 0.3 is 5.97 Å². The van der Waals surface area contributed by atoms with Crippen molar-refractivity contribution in [1.29, 1.82) is 0 Å². The standard InChI is InChI=1S/C32H49NO9/c1-6-18(3)25(35)41-24-11-12-26(4)19-8-9-20-28(37)13-23(34)31(39)21(29(28,38)16-30(20,26)42-32(19,24)40)15-33-14-17(2)7-10-22(33)27(31,5)36/h6,17,19-24,34,36-40H,7-16H2,1-5H3/b18-6-/t17-,19-,20-,21-,22-,23-,24-,26-,27+,28+,29+,30?,31-,32-/m0/s1. The molecule has 4 saturated carbocycles. The van der Waals surface area contributed by atoms with E-state index in [1.54, 1.807) is 26.8 Å². The number of piperidine rings is 2. The van der Waals surface area contributed by atoms with Gasteiger partial charge in [0.1, 0.15) is 22.4 Å². The summed E-state index contributed by atoms with van der Waals surface area (Å²) in [5.74, 6) is -4.05. The highest BCUT2D eigenvalue weighted by Crippen LogP contribution is 2.78. The van der Waals surface area contributed by atoms with Crippen molar-refractivity contribution in [2.45, 2.75) is 138 Å². The zero-order chi connectivity index (χ0) is 30.5. The molecular formula is C32H49NO9. The second kappa shape index (κ2) is 8.57. The van der Waals surface area contributed by atoms with Crippen LogP contribution in [-0.4, -0.2) is 107 Å². The van der Waals surface area contributed by atoms with E-state index in [1.807, 2.05) is 6.92 Å². The first-order chi connectivity index (χ1) is 19.5. The van der Waals surface area contributed by atoms with Crippen molar-refractivity contribution < 1.29 is 44.9 Å². The molecule has 0 amide bonds. The number of aliphatic hydroxyl groups excluding tert-OH is 1. The van der Waals surface area contributed by atoms with Gasteiger partial charge in [-0.1, -0.05) is 19.9 Å². The van der Waals surface area contributed by atoms with Gasteiger partial charge in [-0.05, 0) is 65.2 Å². The highest BCUT2D eigenvalue weighted by Gasteiger charge is 2.88. The van der Waals surface area contributed by atoms with Crippen molar-refractivity contribution in [3.63, 3.8) is 0 Å². The molecule has 7 rings (SSSR count). The number of esters is 1. The van der Waals surface area contributed by atoms with Crippen molar-refractivity contribution in [3.05, 3.63) is 11.6 Å². The van der Waals surface area contributed by atoms with E-state index < -0.39 is 75.1 Å². The van der Waals surface area contributed by atoms with E-state index in [0.29, 0.717) is 50.1 Å². The zero-order valence-corrected chi connectivity index (χ0v) is 25.5. The minimum atomic E-state index is -2.06. The number of ether oxygens (including phenoxy) is 2. The molecule has 10 heteroatoms. The highest BCUT2D eigenvalue weighted by atomic mass is 16.7. The van der Waals surface area contributed by atoms with Crippen molar-refractivity contribution >= 4 is 5.97 Å². The number of carbonyl (C=O) groups is 1. The molecule has 14 atom stereocenters. The predicted octanol–water partition coefficient (Wildman–Crippen LogP) is 0.991. The first-order valence-electron chi connectivity index (χ1n) is 16.0. The number of fused-ring (bicyclic) bond motifs is 5. The summed E-state index contributed by atoms with van der Waals surface area (Å²) in [7, 11) is 0. The Kier molecular flexibility index (Phi) is 6.04. The van der Waals surface area contributed by atoms with Crippen LogP contribution >= 0.6 is 0 Å². The van der Waals surface area contributed by atoms with Crippen LogP contribution in [0.15, 0.2) is 11.6 Å². The molecule has 3 aliphatic heterocycles. The third-order valence-corrected chi connectivity index (χ3v) is 14.1. The molecule has 0 aromatic heterocycles. The Labute approximate surface area is 247 Å². The molecule has 6 N–H and O–H groups in total. The molecule has 1 spiro atoms. The molecule has 10 nitrogen and oxygen atoms in total. The number of allylic oxidation sites excluding steroid dienone is 1. The summed E-state index contributed by atoms with van der Waals surface area (Å²) < 4.78 is 12.6. The number of carbonyl (C=O) groups excluding carboxylic acids is 1. The van der Waals surface area contributed by atoms with Gasteiger partial charge in [0.05, 0.1) is 11.7 Å². The molecule has 0 aromatic rings. The molecule has 7 fully saturated rings. The van der Waals surface area contributed by atoms with Gasteiger partial charge in [0, 0.05) is 60.7 Å². The number of hydrogen-bond acceptors (Lipinski definition) is 10. The fourth-order valence-corrected chi connectivity index (χ4v) is 11.8. The van der Waals surface area contributed by atoms with E-state index in [2.05, 4.69) is 11.8 Å². The molecule has 0 radical (unpaired) electrons. The lowest BCUT2D eigenvalue weighted by Crippen LogP contribution is -2.85. The van der Waals surface area contributed by atoms with E-state index in [-0.39, 0.29) is 25.4 Å². The Hall–Kier alpha value is -1.11. The molecule has 1 unspecified atom stereocenters. The normalized spacial score (nSPS) is 60.3. The second-order valence-electron chi connectivity index (χ2n) is 15.7. The number of nitrogens with zero attached hydrogens (tertiary/aromatic N) is 1. The lowest BCUT2D eigenvalue weighted by Gasteiger charge is -2.68. The second-order valence-corrected chi connectivity index (χ2v) is 15.7. The van der Waals surface area contributed by atoms with Crippen LogP contribution in [0.5, 0.6) is 0 Å². The van der Waals surface area contributed by atoms with Crippen LogP contribution in [0.2, 0.25) is 0 Å². The van der Waals surface area contributed by atoms with Gasteiger partial charge in [0.2, 0.25) is 5.79 Å². The maximum absolute atomic E-state index is 12.9. The Bertz CT molecular complexity index is 1220. The predicted molar refractivity (Wildman–Crippen MR) is 150 cm³/mol. The van der Waals surface area contributed by atoms with Gasteiger partial charge in [-0.3, -0.25) is 4.90 Å². The Balaban J connectivity index is 1.32. The summed E-state index contributed by atoms with van der Waals surface area (Å²) >= 11 is 0. The van der Waals surface area contributed by atoms with Gasteiger partial charge in [0.25, 0.3) is 0 Å². The lowest BCUT2D eigenvalue weighted by molar-refractivity contribution is -0.354. The van der Waals surface area contributed by atoms with Crippen molar-refractivity contribution in [2.75, 3.05) is 13.1 Å². The topological polar surface area (TPSA) is 160 Å². The van der Waals surface area contributed by atoms with Crippen LogP contribution in [0.1, 0.15) is 86.0 Å². The van der Waals surface area contributed by atoms with E-state index in [4.69, 9.17) is 9.47 Å². The third-order valence-electron chi connectivity index (χ3n) is 14.1. The fourth-order valence-electron chi connectivity index (χ4n) is 11.8. The molecule has 42 heavy (non-hydrogen) atoms. The van der Waals surface area contributed by atoms with Crippen LogP contribution in [0, 0.1) is 29.1 Å². The quantitative estimate of drug-likeness (QED) is 0.202. The molecule has 0 aromatic carbocycles. The Morgan fingerprint density at radius 1 is 0.952 bits per heavy atom. The van der Waals surface area contributed by atoms with Crippen molar-refractivity contribution in [1.82, 2.24) is 4.90 Å². The largest absolute Gasteiger partial charge is 0.453 e. The van der Waals surface area contributed by atoms with Crippen molar-refractivity contribution in [2.24, 2.45) is 29.1 Å². The van der Waals surface area contributed by atoms with E-state index in [9.17, 15) is 35.4 Å². The highest BCUT2D eigenvalue weighted by molar-refractivity contribution is 5.87. The lowest BCUT2D eigenvalue weighted by atomic mass is 9.49. The maximum Gasteiger partial charge on any atom is 0.333 e. The van der Waals surface area contributed by atoms with Gasteiger partial charge < -0.3 is 40.1 Å². The summed E-state index contributed by atoms with van der Waals surface area (Å²) in [5, 5.41) is 73.9. The summed E-state index contributed by atoms with van der Waals surface area (Å²) in [4.78, 5) is 14.9. The molecule has 4 aliphatic carbocycles. The molecule has 3 heterocycles. The van der Waals surface area contributed by atoms with Crippen LogP contribution in [-0.2, 0) is 14.3 Å². The Morgan fingerprint density at radius 3 is 2.33 bits per heavy atom. The number of hydrogen-bond donors (Lipinski definition) is 6. The summed E-state index contributed by atoms with van der Waals surface area (Å²) in [6.07, 6.45) is 2.30. The van der Waals surface area contributed by atoms with Crippen LogP contribution in [0.25, 0.3) is 0 Å². The molecule has 3 saturated heterocycles. The van der Waals surface area contributed by atoms with Gasteiger partial charge in [-0.2, -0.15) is 0 Å². The first kappa shape index (κ1) is 29.6. The van der Waals surface area contributed by atoms with Gasteiger partial charge in [0.15, 0.2) is 6.10 Å². The molecule has 4 bridgehead atoms. The summed E-state index contributed by atoms with van der Waals surface area (Å²) in [6, 6.07) is -0.387. The minimum Gasteiger partial charge on any atom is -0.453 e. The SMILES string of the molecule is C/C=C(/C)C(=O)O[C@H]1CC[C@@]2(C)[C@@H]3CC[C@@H]4C2(C[C@@]2(O)[C@@H]5CN6C[C@@H](C)CC[C@H]6[C@@](C)(O)[C@@]5(O)[C@@H](O)C[C@@]42O)O[C@]13O. The molecule has 236 valence electrons. The van der Waals surface area contributed by atoms with Gasteiger partial charge in [-0.25, -0.2) is 4.79 Å². The zero-order valence-electron chi connectivity index (χ0n) is 25.5. The van der Waals surface area contributed by atoms with Crippen molar-refractivity contribution in [3.8, 4) is 0 Å². The average Bonchev–Trinajstić information content (AvgIpc) is 3.09. The number of aliphatic hydroxyl groups is 6. The fraction of sp³-hybridized carbons (Fsp3) is 0.906. The van der Waals surface area contributed by atoms with Crippen LogP contribution < -0.4 is 0 Å². The van der Waals surface area contributed by atoms with E-state index in [0.717, 1.165) is 6.42 Å².